The fraction of sp³-hybridized carbons (Fsp3) is 0.333. The Morgan fingerprint density at radius 2 is 1.96 bits per heavy atom. The zero-order valence-electron chi connectivity index (χ0n) is 12.9. The lowest BCUT2D eigenvalue weighted by molar-refractivity contribution is -0.147. The Labute approximate surface area is 138 Å². The molecule has 1 aromatic carbocycles. The standard InChI is InChI=1S/C15H20N4O5/c16-12(5-7-20)13(22)15(17,6-8-21)14(23)24-11-3-1-10(2-4-11)9-19-18/h1-4,7,9,12,21H,5-6,8,16-18H2. The van der Waals surface area contributed by atoms with E-state index in [-0.39, 0.29) is 18.6 Å². The number of aldehydes is 1. The van der Waals surface area contributed by atoms with Crippen LogP contribution < -0.4 is 22.0 Å². The number of carbonyl (C=O) groups excluding carboxylic acids is 3. The van der Waals surface area contributed by atoms with Gasteiger partial charge in [-0.05, 0) is 29.8 Å². The van der Waals surface area contributed by atoms with Crippen molar-refractivity contribution < 1.29 is 24.2 Å². The highest BCUT2D eigenvalue weighted by molar-refractivity contribution is 6.11. The Hall–Kier alpha value is -2.62. The molecule has 2 atom stereocenters. The molecule has 1 rings (SSSR count). The molecule has 0 aliphatic heterocycles. The predicted molar refractivity (Wildman–Crippen MR) is 86.1 cm³/mol. The van der Waals surface area contributed by atoms with E-state index in [1.165, 1.54) is 18.3 Å². The minimum absolute atomic E-state index is 0.138. The van der Waals surface area contributed by atoms with Gasteiger partial charge < -0.3 is 31.9 Å². The Morgan fingerprint density at radius 1 is 1.33 bits per heavy atom. The minimum Gasteiger partial charge on any atom is -0.425 e. The van der Waals surface area contributed by atoms with E-state index in [1.54, 1.807) is 12.1 Å². The van der Waals surface area contributed by atoms with Crippen LogP contribution in [0.5, 0.6) is 5.75 Å². The summed E-state index contributed by atoms with van der Waals surface area (Å²) in [6.07, 6.45) is 1.18. The first-order valence-electron chi connectivity index (χ1n) is 7.08. The van der Waals surface area contributed by atoms with E-state index >= 15 is 0 Å². The Morgan fingerprint density at radius 3 is 2.46 bits per heavy atom. The van der Waals surface area contributed by atoms with Crippen LogP contribution in [0.15, 0.2) is 29.4 Å². The molecule has 2 unspecified atom stereocenters. The van der Waals surface area contributed by atoms with Crippen LogP contribution in [0.1, 0.15) is 18.4 Å². The van der Waals surface area contributed by atoms with Crippen molar-refractivity contribution in [2.75, 3.05) is 6.61 Å². The maximum absolute atomic E-state index is 12.3. The average Bonchev–Trinajstić information content (AvgIpc) is 2.56. The van der Waals surface area contributed by atoms with Crippen LogP contribution in [0.2, 0.25) is 0 Å². The van der Waals surface area contributed by atoms with Gasteiger partial charge in [0.05, 0.1) is 12.3 Å². The first-order valence-corrected chi connectivity index (χ1v) is 7.08. The van der Waals surface area contributed by atoms with Gasteiger partial charge in [-0.1, -0.05) is 0 Å². The zero-order chi connectivity index (χ0) is 18.2. The first kappa shape index (κ1) is 19.4. The van der Waals surface area contributed by atoms with Gasteiger partial charge in [0.2, 0.25) is 0 Å². The smallest absolute Gasteiger partial charge is 0.339 e. The van der Waals surface area contributed by atoms with E-state index in [2.05, 4.69) is 5.10 Å². The summed E-state index contributed by atoms with van der Waals surface area (Å²) in [5.41, 5.74) is 9.92. The van der Waals surface area contributed by atoms with Gasteiger partial charge in [0.1, 0.15) is 12.0 Å². The number of benzene rings is 1. The number of ketones is 1. The second kappa shape index (κ2) is 8.87. The lowest BCUT2D eigenvalue weighted by Crippen LogP contribution is -2.62. The number of carbonyl (C=O) groups is 3. The highest BCUT2D eigenvalue weighted by Crippen LogP contribution is 2.18. The number of nitrogens with two attached hydrogens (primary N) is 3. The highest BCUT2D eigenvalue weighted by Gasteiger charge is 2.45. The van der Waals surface area contributed by atoms with Crippen molar-refractivity contribution in [1.82, 2.24) is 0 Å². The van der Waals surface area contributed by atoms with E-state index in [1.807, 2.05) is 0 Å². The van der Waals surface area contributed by atoms with Crippen molar-refractivity contribution >= 4 is 24.3 Å². The molecule has 0 fully saturated rings. The number of ether oxygens (including phenoxy) is 1. The Bertz CT molecular complexity index is 617. The van der Waals surface area contributed by atoms with Crippen molar-refractivity contribution in [3.05, 3.63) is 29.8 Å². The molecule has 9 heteroatoms. The number of esters is 1. The molecule has 130 valence electrons. The molecule has 0 saturated carbocycles. The van der Waals surface area contributed by atoms with Gasteiger partial charge >= 0.3 is 5.97 Å². The van der Waals surface area contributed by atoms with Crippen molar-refractivity contribution in [2.45, 2.75) is 24.4 Å². The third kappa shape index (κ3) is 4.69. The van der Waals surface area contributed by atoms with E-state index in [9.17, 15) is 14.4 Å². The molecule has 7 N–H and O–H groups in total. The number of rotatable bonds is 9. The molecular formula is C15H20N4O5. The molecule has 0 aliphatic carbocycles. The number of nitrogens with zero attached hydrogens (tertiary/aromatic N) is 1. The summed E-state index contributed by atoms with van der Waals surface area (Å²) in [4.78, 5) is 35.1. The lowest BCUT2D eigenvalue weighted by atomic mass is 9.86. The average molecular weight is 336 g/mol. The molecule has 0 amide bonds. The molecule has 24 heavy (non-hydrogen) atoms. The zero-order valence-corrected chi connectivity index (χ0v) is 12.9. The van der Waals surface area contributed by atoms with Crippen LogP contribution in [-0.2, 0) is 14.4 Å². The van der Waals surface area contributed by atoms with Crippen LogP contribution in [0.25, 0.3) is 0 Å². The number of aliphatic hydroxyl groups is 1. The summed E-state index contributed by atoms with van der Waals surface area (Å²) in [7, 11) is 0. The van der Waals surface area contributed by atoms with Gasteiger partial charge in [-0.15, -0.1) is 0 Å². The second-order valence-corrected chi connectivity index (χ2v) is 5.05. The van der Waals surface area contributed by atoms with E-state index < -0.39 is 29.9 Å². The number of hydrogen-bond acceptors (Lipinski definition) is 9. The molecule has 9 nitrogen and oxygen atoms in total. The van der Waals surface area contributed by atoms with Crippen LogP contribution in [0, 0.1) is 0 Å². The molecule has 0 aromatic heterocycles. The van der Waals surface area contributed by atoms with Gasteiger partial charge in [-0.2, -0.15) is 5.10 Å². The van der Waals surface area contributed by atoms with Gasteiger partial charge in [0.25, 0.3) is 0 Å². The normalized spacial score (nSPS) is 14.8. The fourth-order valence-corrected chi connectivity index (χ4v) is 1.95. The fourth-order valence-electron chi connectivity index (χ4n) is 1.95. The number of hydrazone groups is 1. The van der Waals surface area contributed by atoms with E-state index in [4.69, 9.17) is 27.2 Å². The topological polar surface area (TPSA) is 171 Å². The minimum atomic E-state index is -2.14. The van der Waals surface area contributed by atoms with Gasteiger partial charge in [0.15, 0.2) is 11.3 Å². The van der Waals surface area contributed by atoms with E-state index in [0.29, 0.717) is 11.8 Å². The molecule has 0 spiro atoms. The van der Waals surface area contributed by atoms with Crippen LogP contribution in [-0.4, -0.2) is 47.5 Å². The molecule has 0 bridgehead atoms. The predicted octanol–water partition coefficient (Wildman–Crippen LogP) is -1.55. The third-order valence-corrected chi connectivity index (χ3v) is 3.31. The molecular weight excluding hydrogens is 316 g/mol. The van der Waals surface area contributed by atoms with Crippen LogP contribution in [0.3, 0.4) is 0 Å². The maximum atomic E-state index is 12.3. The van der Waals surface area contributed by atoms with Crippen molar-refractivity contribution in [2.24, 2.45) is 22.4 Å². The summed E-state index contributed by atoms with van der Waals surface area (Å²) in [6.45, 7) is -0.531. The summed E-state index contributed by atoms with van der Waals surface area (Å²) < 4.78 is 5.10. The quantitative estimate of drug-likeness (QED) is 0.0798. The van der Waals surface area contributed by atoms with Crippen molar-refractivity contribution in [3.8, 4) is 5.75 Å². The van der Waals surface area contributed by atoms with Crippen LogP contribution >= 0.6 is 0 Å². The molecule has 0 heterocycles. The summed E-state index contributed by atoms with van der Waals surface area (Å²) >= 11 is 0. The number of Topliss-reactive ketones (excluding diaryl/α,β-unsaturated/α-hetero) is 1. The number of hydrogen-bond donors (Lipinski definition) is 4. The SMILES string of the molecule is NN=Cc1ccc(OC(=O)C(N)(CCO)C(=O)C(N)CC=O)cc1. The van der Waals surface area contributed by atoms with Crippen molar-refractivity contribution in [1.29, 1.82) is 0 Å². The molecule has 0 aliphatic rings. The third-order valence-electron chi connectivity index (χ3n) is 3.31. The first-order chi connectivity index (χ1) is 11.4. The summed E-state index contributed by atoms with van der Waals surface area (Å²) in [5.74, 6) is 3.22. The number of aliphatic hydroxyl groups excluding tert-OH is 1. The summed E-state index contributed by atoms with van der Waals surface area (Å²) in [6, 6.07) is 4.84. The lowest BCUT2D eigenvalue weighted by Gasteiger charge is -2.27. The molecule has 0 saturated heterocycles. The van der Waals surface area contributed by atoms with Gasteiger partial charge in [-0.25, -0.2) is 4.79 Å². The molecule has 1 aromatic rings. The molecule has 0 radical (unpaired) electrons. The van der Waals surface area contributed by atoms with Crippen molar-refractivity contribution in [3.63, 3.8) is 0 Å². The van der Waals surface area contributed by atoms with Gasteiger partial charge in [0, 0.05) is 19.4 Å². The Kier molecular flexibility index (Phi) is 7.18. The monoisotopic (exact) mass is 336 g/mol. The maximum Gasteiger partial charge on any atom is 0.339 e. The van der Waals surface area contributed by atoms with E-state index in [0.717, 1.165) is 0 Å². The highest BCUT2D eigenvalue weighted by atomic mass is 16.5. The summed E-state index contributed by atoms with van der Waals surface area (Å²) in [5, 5.41) is 12.4. The largest absolute Gasteiger partial charge is 0.425 e. The second-order valence-electron chi connectivity index (χ2n) is 5.05. The Balaban J connectivity index is 2.96. The van der Waals surface area contributed by atoms with Gasteiger partial charge in [-0.3, -0.25) is 4.79 Å². The van der Waals surface area contributed by atoms with Crippen LogP contribution in [0.4, 0.5) is 0 Å².